The molecule has 14 heavy (non-hydrogen) atoms. The maximum Gasteiger partial charge on any atom is 0.0764 e. The van der Waals surface area contributed by atoms with Crippen molar-refractivity contribution in [2.45, 2.75) is 59.1 Å². The minimum absolute atomic E-state index is 0.233. The predicted molar refractivity (Wildman–Crippen MR) is 60.9 cm³/mol. The van der Waals surface area contributed by atoms with Crippen molar-refractivity contribution in [2.24, 2.45) is 11.8 Å². The zero-order valence-corrected chi connectivity index (χ0v) is 10.0. The molecular formula is C11H26N2O. The van der Waals surface area contributed by atoms with Crippen LogP contribution in [0.2, 0.25) is 0 Å². The summed E-state index contributed by atoms with van der Waals surface area (Å²) in [6.45, 7) is 9.34. The van der Waals surface area contributed by atoms with Crippen LogP contribution in [0.25, 0.3) is 0 Å². The van der Waals surface area contributed by atoms with Crippen molar-refractivity contribution in [3.05, 3.63) is 0 Å². The lowest BCUT2D eigenvalue weighted by atomic mass is 9.96. The number of hydrogen-bond donors (Lipinski definition) is 2. The Morgan fingerprint density at radius 3 is 2.29 bits per heavy atom. The average Bonchev–Trinajstić information content (AvgIpc) is 2.17. The van der Waals surface area contributed by atoms with E-state index < -0.39 is 0 Å². The quantitative estimate of drug-likeness (QED) is 0.468. The van der Waals surface area contributed by atoms with Gasteiger partial charge in [0.15, 0.2) is 0 Å². The first kappa shape index (κ1) is 13.9. The van der Waals surface area contributed by atoms with Crippen molar-refractivity contribution in [1.82, 2.24) is 5.43 Å². The van der Waals surface area contributed by atoms with Crippen LogP contribution in [-0.4, -0.2) is 18.8 Å². The van der Waals surface area contributed by atoms with Crippen LogP contribution in [0.15, 0.2) is 0 Å². The Morgan fingerprint density at radius 2 is 1.93 bits per heavy atom. The topological polar surface area (TPSA) is 47.3 Å². The van der Waals surface area contributed by atoms with Gasteiger partial charge in [-0.25, -0.2) is 0 Å². The van der Waals surface area contributed by atoms with Crippen LogP contribution in [0, 0.1) is 5.92 Å². The van der Waals surface area contributed by atoms with Crippen LogP contribution in [0.3, 0.4) is 0 Å². The number of hydrogen-bond acceptors (Lipinski definition) is 3. The summed E-state index contributed by atoms with van der Waals surface area (Å²) in [4.78, 5) is 0. The number of hydrazine groups is 1. The van der Waals surface area contributed by atoms with E-state index in [4.69, 9.17) is 10.6 Å². The molecule has 0 rings (SSSR count). The summed E-state index contributed by atoms with van der Waals surface area (Å²) >= 11 is 0. The van der Waals surface area contributed by atoms with E-state index in [9.17, 15) is 0 Å². The van der Waals surface area contributed by atoms with Gasteiger partial charge in [-0.1, -0.05) is 33.6 Å². The fourth-order valence-corrected chi connectivity index (χ4v) is 1.73. The van der Waals surface area contributed by atoms with E-state index in [2.05, 4.69) is 26.2 Å². The molecule has 3 N–H and O–H groups in total. The summed E-state index contributed by atoms with van der Waals surface area (Å²) in [6.07, 6.45) is 3.73. The Balaban J connectivity index is 4.11. The molecule has 3 nitrogen and oxygen atoms in total. The molecule has 86 valence electrons. The molecule has 0 aromatic rings. The molecule has 0 spiro atoms. The fraction of sp³-hybridized carbons (Fsp3) is 1.00. The summed E-state index contributed by atoms with van der Waals surface area (Å²) in [7, 11) is 0. The van der Waals surface area contributed by atoms with Crippen LogP contribution >= 0.6 is 0 Å². The zero-order valence-electron chi connectivity index (χ0n) is 10.0. The van der Waals surface area contributed by atoms with E-state index in [0.29, 0.717) is 5.92 Å². The number of rotatable bonds is 8. The van der Waals surface area contributed by atoms with Gasteiger partial charge in [0, 0.05) is 12.6 Å². The number of ether oxygens (including phenoxy) is 1. The van der Waals surface area contributed by atoms with E-state index in [1.165, 1.54) is 12.8 Å². The van der Waals surface area contributed by atoms with Crippen LogP contribution in [-0.2, 0) is 4.74 Å². The molecule has 0 aliphatic carbocycles. The van der Waals surface area contributed by atoms with Crippen LogP contribution < -0.4 is 11.3 Å². The van der Waals surface area contributed by atoms with Crippen molar-refractivity contribution in [2.75, 3.05) is 6.61 Å². The van der Waals surface area contributed by atoms with Crippen LogP contribution in [0.4, 0.5) is 0 Å². The average molecular weight is 202 g/mol. The minimum atomic E-state index is 0.233. The molecule has 3 heteroatoms. The van der Waals surface area contributed by atoms with Gasteiger partial charge in [0.2, 0.25) is 0 Å². The lowest BCUT2D eigenvalue weighted by molar-refractivity contribution is 0.000971. The Bertz CT molecular complexity index is 128. The van der Waals surface area contributed by atoms with E-state index in [1.807, 2.05) is 6.92 Å². The molecular weight excluding hydrogens is 176 g/mol. The maximum absolute atomic E-state index is 5.71. The normalized spacial score (nSPS) is 15.9. The molecule has 0 radical (unpaired) electrons. The molecule has 0 heterocycles. The van der Waals surface area contributed by atoms with Gasteiger partial charge in [0.05, 0.1) is 6.10 Å². The molecule has 2 atom stereocenters. The van der Waals surface area contributed by atoms with Gasteiger partial charge in [0.1, 0.15) is 0 Å². The van der Waals surface area contributed by atoms with E-state index in [1.54, 1.807) is 0 Å². The molecule has 0 amide bonds. The van der Waals surface area contributed by atoms with Gasteiger partial charge < -0.3 is 4.74 Å². The highest BCUT2D eigenvalue weighted by molar-refractivity contribution is 4.77. The standard InChI is InChI=1S/C11H26N2O/c1-5-7-8-10(13-12)11(9(3)4)14-6-2/h9-11,13H,5-8,12H2,1-4H3. The number of nitrogens with one attached hydrogen (secondary N) is 1. The zero-order chi connectivity index (χ0) is 11.0. The second-order valence-electron chi connectivity index (χ2n) is 4.08. The minimum Gasteiger partial charge on any atom is -0.377 e. The summed E-state index contributed by atoms with van der Waals surface area (Å²) < 4.78 is 5.71. The van der Waals surface area contributed by atoms with Crippen molar-refractivity contribution in [3.8, 4) is 0 Å². The summed E-state index contributed by atoms with van der Waals surface area (Å²) in [5, 5.41) is 0. The lowest BCUT2D eigenvalue weighted by Gasteiger charge is -2.29. The third-order valence-corrected chi connectivity index (χ3v) is 2.50. The van der Waals surface area contributed by atoms with Crippen molar-refractivity contribution < 1.29 is 4.74 Å². The van der Waals surface area contributed by atoms with Gasteiger partial charge in [0.25, 0.3) is 0 Å². The first-order valence-corrected chi connectivity index (χ1v) is 5.75. The number of unbranched alkanes of at least 4 members (excludes halogenated alkanes) is 1. The van der Waals surface area contributed by atoms with Gasteiger partial charge >= 0.3 is 0 Å². The lowest BCUT2D eigenvalue weighted by Crippen LogP contribution is -2.47. The molecule has 0 aliphatic rings. The molecule has 0 saturated carbocycles. The van der Waals surface area contributed by atoms with Crippen LogP contribution in [0.5, 0.6) is 0 Å². The molecule has 0 saturated heterocycles. The van der Waals surface area contributed by atoms with Crippen molar-refractivity contribution in [1.29, 1.82) is 0 Å². The van der Waals surface area contributed by atoms with Crippen molar-refractivity contribution in [3.63, 3.8) is 0 Å². The Morgan fingerprint density at radius 1 is 1.29 bits per heavy atom. The summed E-state index contributed by atoms with van der Waals surface area (Å²) in [5.74, 6) is 6.06. The highest BCUT2D eigenvalue weighted by Crippen LogP contribution is 2.15. The number of nitrogens with two attached hydrogens (primary N) is 1. The first-order valence-electron chi connectivity index (χ1n) is 5.75. The van der Waals surface area contributed by atoms with E-state index in [-0.39, 0.29) is 12.1 Å². The maximum atomic E-state index is 5.71. The molecule has 0 fully saturated rings. The smallest absolute Gasteiger partial charge is 0.0764 e. The van der Waals surface area contributed by atoms with Crippen LogP contribution in [0.1, 0.15) is 47.0 Å². The Kier molecular flexibility index (Phi) is 8.14. The summed E-state index contributed by atoms with van der Waals surface area (Å²) in [6, 6.07) is 0.287. The molecule has 2 unspecified atom stereocenters. The van der Waals surface area contributed by atoms with Gasteiger partial charge in [-0.2, -0.15) is 0 Å². The van der Waals surface area contributed by atoms with E-state index in [0.717, 1.165) is 13.0 Å². The molecule has 0 aromatic heterocycles. The second-order valence-corrected chi connectivity index (χ2v) is 4.08. The third kappa shape index (κ3) is 4.94. The highest BCUT2D eigenvalue weighted by Gasteiger charge is 2.23. The first-order chi connectivity index (χ1) is 6.67. The Hall–Kier alpha value is -0.120. The molecule has 0 aliphatic heterocycles. The largest absolute Gasteiger partial charge is 0.377 e. The van der Waals surface area contributed by atoms with Gasteiger partial charge in [-0.15, -0.1) is 0 Å². The Labute approximate surface area is 88.4 Å². The van der Waals surface area contributed by atoms with E-state index >= 15 is 0 Å². The highest BCUT2D eigenvalue weighted by atomic mass is 16.5. The van der Waals surface area contributed by atoms with Gasteiger partial charge in [-0.05, 0) is 19.3 Å². The monoisotopic (exact) mass is 202 g/mol. The SMILES string of the molecule is CCCCC(NN)C(OCC)C(C)C. The molecule has 0 bridgehead atoms. The molecule has 0 aromatic carbocycles. The second kappa shape index (κ2) is 8.21. The predicted octanol–water partition coefficient (Wildman–Crippen LogP) is 2.07. The fourth-order valence-electron chi connectivity index (χ4n) is 1.73. The third-order valence-electron chi connectivity index (χ3n) is 2.50. The van der Waals surface area contributed by atoms with Gasteiger partial charge in [-0.3, -0.25) is 11.3 Å². The summed E-state index contributed by atoms with van der Waals surface area (Å²) in [5.41, 5.74) is 2.88. The van der Waals surface area contributed by atoms with Crippen molar-refractivity contribution >= 4 is 0 Å².